The van der Waals surface area contributed by atoms with Crippen molar-refractivity contribution in [1.29, 1.82) is 0 Å². The average molecular weight is 290 g/mol. The van der Waals surface area contributed by atoms with Crippen LogP contribution in [0.1, 0.15) is 18.9 Å². The van der Waals surface area contributed by atoms with Crippen molar-refractivity contribution < 1.29 is 9.84 Å². The maximum atomic E-state index is 10.00. The second kappa shape index (κ2) is 7.77. The molecule has 0 amide bonds. The third-order valence-electron chi connectivity index (χ3n) is 2.78. The van der Waals surface area contributed by atoms with Crippen LogP contribution >= 0.6 is 23.4 Å². The normalized spacial score (nSPS) is 12.4. The van der Waals surface area contributed by atoms with Crippen molar-refractivity contribution in [2.75, 3.05) is 19.1 Å². The van der Waals surface area contributed by atoms with Crippen LogP contribution in [0.4, 0.5) is 0 Å². The monoisotopic (exact) mass is 289 g/mol. The Kier molecular flexibility index (Phi) is 6.68. The Morgan fingerprint density at radius 2 is 2.22 bits per heavy atom. The highest BCUT2D eigenvalue weighted by molar-refractivity contribution is 7.98. The standard InChI is InChI=1S/C13H20ClNO2S/c1-4-11(8-18-3)15-7-9-5-10(14)6-12(17-2)13(9)16/h5-6,11,15-16H,4,7-8H2,1-3H3. The summed E-state index contributed by atoms with van der Waals surface area (Å²) in [5.41, 5.74) is 0.763. The number of hydrogen-bond donors (Lipinski definition) is 2. The van der Waals surface area contributed by atoms with Gasteiger partial charge in [0.25, 0.3) is 0 Å². The van der Waals surface area contributed by atoms with E-state index in [9.17, 15) is 5.11 Å². The van der Waals surface area contributed by atoms with Gasteiger partial charge >= 0.3 is 0 Å². The molecule has 0 saturated heterocycles. The van der Waals surface area contributed by atoms with Gasteiger partial charge in [0.15, 0.2) is 11.5 Å². The predicted octanol–water partition coefficient (Wildman–Crippen LogP) is 3.29. The van der Waals surface area contributed by atoms with Crippen molar-refractivity contribution in [3.05, 3.63) is 22.7 Å². The first-order valence-electron chi connectivity index (χ1n) is 5.90. The van der Waals surface area contributed by atoms with E-state index in [-0.39, 0.29) is 5.75 Å². The van der Waals surface area contributed by atoms with Gasteiger partial charge in [-0.25, -0.2) is 0 Å². The van der Waals surface area contributed by atoms with Gasteiger partial charge in [-0.15, -0.1) is 0 Å². The van der Waals surface area contributed by atoms with Gasteiger partial charge in [0.05, 0.1) is 7.11 Å². The summed E-state index contributed by atoms with van der Waals surface area (Å²) in [7, 11) is 1.52. The Hall–Kier alpha value is -0.580. The van der Waals surface area contributed by atoms with Crippen LogP contribution < -0.4 is 10.1 Å². The second-order valence-corrected chi connectivity index (χ2v) is 5.40. The fourth-order valence-corrected chi connectivity index (χ4v) is 2.68. The van der Waals surface area contributed by atoms with Crippen molar-refractivity contribution in [3.63, 3.8) is 0 Å². The number of rotatable bonds is 7. The highest BCUT2D eigenvalue weighted by Gasteiger charge is 2.11. The zero-order chi connectivity index (χ0) is 13.5. The molecule has 0 aliphatic rings. The summed E-state index contributed by atoms with van der Waals surface area (Å²) >= 11 is 7.80. The number of thioether (sulfide) groups is 1. The Morgan fingerprint density at radius 1 is 1.50 bits per heavy atom. The number of phenolic OH excluding ortho intramolecular Hbond substituents is 1. The van der Waals surface area contributed by atoms with Crippen LogP contribution in [0.3, 0.4) is 0 Å². The predicted molar refractivity (Wildman–Crippen MR) is 79.0 cm³/mol. The lowest BCUT2D eigenvalue weighted by Crippen LogP contribution is -2.30. The number of halogens is 1. The molecule has 1 atom stereocenters. The van der Waals surface area contributed by atoms with Crippen molar-refractivity contribution >= 4 is 23.4 Å². The second-order valence-electron chi connectivity index (χ2n) is 4.06. The van der Waals surface area contributed by atoms with E-state index < -0.39 is 0 Å². The smallest absolute Gasteiger partial charge is 0.162 e. The summed E-state index contributed by atoms with van der Waals surface area (Å²) < 4.78 is 5.08. The lowest BCUT2D eigenvalue weighted by molar-refractivity contribution is 0.369. The molecule has 5 heteroatoms. The van der Waals surface area contributed by atoms with Crippen molar-refractivity contribution in [1.82, 2.24) is 5.32 Å². The van der Waals surface area contributed by atoms with Gasteiger partial charge < -0.3 is 15.2 Å². The third kappa shape index (κ3) is 4.26. The Bertz CT molecular complexity index is 387. The number of ether oxygens (including phenoxy) is 1. The number of aromatic hydroxyl groups is 1. The molecule has 3 nitrogen and oxygen atoms in total. The first kappa shape index (κ1) is 15.5. The Labute approximate surface area is 118 Å². The molecular weight excluding hydrogens is 270 g/mol. The van der Waals surface area contributed by atoms with Crippen LogP contribution in [0.2, 0.25) is 5.02 Å². The number of benzene rings is 1. The van der Waals surface area contributed by atoms with Gasteiger partial charge in [0.1, 0.15) is 0 Å². The minimum absolute atomic E-state index is 0.161. The summed E-state index contributed by atoms with van der Waals surface area (Å²) in [6, 6.07) is 3.81. The molecule has 1 rings (SSSR count). The molecule has 0 bridgehead atoms. The molecule has 1 aromatic carbocycles. The summed E-state index contributed by atoms with van der Waals surface area (Å²) in [5, 5.41) is 14.0. The fourth-order valence-electron chi connectivity index (χ4n) is 1.70. The quantitative estimate of drug-likeness (QED) is 0.808. The molecule has 1 aromatic rings. The number of hydrogen-bond acceptors (Lipinski definition) is 4. The van der Waals surface area contributed by atoms with Gasteiger partial charge in [0, 0.05) is 35.0 Å². The first-order valence-corrected chi connectivity index (χ1v) is 7.67. The zero-order valence-corrected chi connectivity index (χ0v) is 12.6. The fraction of sp³-hybridized carbons (Fsp3) is 0.538. The van der Waals surface area contributed by atoms with Gasteiger partial charge in [-0.05, 0) is 18.7 Å². The van der Waals surface area contributed by atoms with Crippen molar-refractivity contribution in [3.8, 4) is 11.5 Å². The van der Waals surface area contributed by atoms with Crippen LogP contribution in [0.25, 0.3) is 0 Å². The van der Waals surface area contributed by atoms with E-state index in [1.165, 1.54) is 7.11 Å². The Morgan fingerprint density at radius 3 is 2.78 bits per heavy atom. The van der Waals surface area contributed by atoms with Crippen LogP contribution in [-0.2, 0) is 6.54 Å². The van der Waals surface area contributed by atoms with E-state index >= 15 is 0 Å². The first-order chi connectivity index (χ1) is 8.62. The molecule has 102 valence electrons. The van der Waals surface area contributed by atoms with E-state index in [0.29, 0.717) is 23.4 Å². The molecule has 0 spiro atoms. The highest BCUT2D eigenvalue weighted by atomic mass is 35.5. The molecular formula is C13H20ClNO2S. The topological polar surface area (TPSA) is 41.5 Å². The largest absolute Gasteiger partial charge is 0.504 e. The highest BCUT2D eigenvalue weighted by Crippen LogP contribution is 2.33. The number of methoxy groups -OCH3 is 1. The molecule has 0 aliphatic carbocycles. The molecule has 0 fully saturated rings. The van der Waals surface area contributed by atoms with Crippen LogP contribution in [0.15, 0.2) is 12.1 Å². The third-order valence-corrected chi connectivity index (χ3v) is 3.73. The van der Waals surface area contributed by atoms with Crippen molar-refractivity contribution in [2.45, 2.75) is 25.9 Å². The number of nitrogens with one attached hydrogen (secondary N) is 1. The van der Waals surface area contributed by atoms with Crippen LogP contribution in [0, 0.1) is 0 Å². The molecule has 0 radical (unpaired) electrons. The van der Waals surface area contributed by atoms with E-state index in [0.717, 1.165) is 17.7 Å². The van der Waals surface area contributed by atoms with Gasteiger partial charge in [-0.2, -0.15) is 11.8 Å². The van der Waals surface area contributed by atoms with E-state index in [1.54, 1.807) is 12.1 Å². The molecule has 1 unspecified atom stereocenters. The maximum absolute atomic E-state index is 10.00. The van der Waals surface area contributed by atoms with E-state index in [2.05, 4.69) is 18.5 Å². The van der Waals surface area contributed by atoms with Crippen LogP contribution in [0.5, 0.6) is 11.5 Å². The lowest BCUT2D eigenvalue weighted by Gasteiger charge is -2.17. The molecule has 0 saturated carbocycles. The lowest BCUT2D eigenvalue weighted by atomic mass is 10.1. The van der Waals surface area contributed by atoms with Crippen LogP contribution in [-0.4, -0.2) is 30.3 Å². The van der Waals surface area contributed by atoms with E-state index in [4.69, 9.17) is 16.3 Å². The maximum Gasteiger partial charge on any atom is 0.162 e. The molecule has 0 heterocycles. The summed E-state index contributed by atoms with van der Waals surface area (Å²) in [6.07, 6.45) is 3.14. The summed E-state index contributed by atoms with van der Waals surface area (Å²) in [6.45, 7) is 2.73. The number of phenols is 1. The van der Waals surface area contributed by atoms with Gasteiger partial charge in [0.2, 0.25) is 0 Å². The molecule has 18 heavy (non-hydrogen) atoms. The van der Waals surface area contributed by atoms with Gasteiger partial charge in [-0.1, -0.05) is 18.5 Å². The van der Waals surface area contributed by atoms with Crippen molar-refractivity contribution in [2.24, 2.45) is 0 Å². The molecule has 0 aromatic heterocycles. The average Bonchev–Trinajstić information content (AvgIpc) is 2.37. The zero-order valence-electron chi connectivity index (χ0n) is 11.0. The van der Waals surface area contributed by atoms with Gasteiger partial charge in [-0.3, -0.25) is 0 Å². The minimum Gasteiger partial charge on any atom is -0.504 e. The minimum atomic E-state index is 0.161. The van der Waals surface area contributed by atoms with E-state index in [1.807, 2.05) is 11.8 Å². The molecule has 0 aliphatic heterocycles. The SMILES string of the molecule is CCC(CSC)NCc1cc(Cl)cc(OC)c1O. The summed E-state index contributed by atoms with van der Waals surface area (Å²) in [4.78, 5) is 0. The molecule has 2 N–H and O–H groups in total. The Balaban J connectivity index is 2.74. The summed E-state index contributed by atoms with van der Waals surface area (Å²) in [5.74, 6) is 1.63.